The number of rotatable bonds is 0. The third-order valence-corrected chi connectivity index (χ3v) is 0. The van der Waals surface area contributed by atoms with Gasteiger partial charge in [0.05, 0.1) is 0 Å². The Hall–Kier alpha value is 1.30. The summed E-state index contributed by atoms with van der Waals surface area (Å²) in [4.78, 5) is 0. The summed E-state index contributed by atoms with van der Waals surface area (Å²) in [7, 11) is 0. The van der Waals surface area contributed by atoms with Gasteiger partial charge in [-0.3, -0.25) is 0 Å². The van der Waals surface area contributed by atoms with Crippen LogP contribution >= 0.6 is 0 Å². The average molecular weight is 102 g/mol. The summed E-state index contributed by atoms with van der Waals surface area (Å²) < 4.78 is 0. The van der Waals surface area contributed by atoms with Crippen LogP contribution in [0.1, 0.15) is 1.43 Å². The zero-order chi connectivity index (χ0) is 2.00. The number of hydrogen-bond acceptors (Lipinski definition) is 2. The van der Waals surface area contributed by atoms with E-state index in [9.17, 15) is 0 Å². The van der Waals surface area contributed by atoms with Gasteiger partial charge in [0.15, 0.2) is 0 Å². The summed E-state index contributed by atoms with van der Waals surface area (Å²) in [6.07, 6.45) is 0. The van der Waals surface area contributed by atoms with E-state index >= 15 is 0 Å². The van der Waals surface area contributed by atoms with Gasteiger partial charge < -0.3 is 13.7 Å². The molecule has 0 aliphatic carbocycles. The molecule has 6 N–H and O–H groups in total. The number of hydrogen-bond donors (Lipinski definition) is 2. The molecule has 0 aromatic carbocycles. The second-order valence-corrected chi connectivity index (χ2v) is 0. The molecule has 0 bridgehead atoms. The Morgan fingerprint density at radius 3 is 1.00 bits per heavy atom. The van der Waals surface area contributed by atoms with Crippen LogP contribution in [0.5, 0.6) is 0 Å². The van der Waals surface area contributed by atoms with Gasteiger partial charge in [0.25, 0.3) is 0 Å². The van der Waals surface area contributed by atoms with Crippen LogP contribution in [-0.4, -0.2) is 0 Å². The van der Waals surface area contributed by atoms with Crippen LogP contribution in [0.4, 0.5) is 0 Å². The minimum atomic E-state index is 0. The van der Waals surface area contributed by atoms with Crippen molar-refractivity contribution < 1.29 is 52.8 Å². The van der Waals surface area contributed by atoms with E-state index in [1.165, 1.54) is 0 Å². The van der Waals surface area contributed by atoms with Crippen LogP contribution in [0, 0.1) is 0 Å². The molecule has 0 saturated heterocycles. The largest absolute Gasteiger partial charge is 1.00 e. The fourth-order valence-electron chi connectivity index (χ4n) is 0. The molecule has 0 unspecified atom stereocenters. The van der Waals surface area contributed by atoms with Gasteiger partial charge in [-0.1, -0.05) is 0 Å². The molecule has 3 heteroatoms. The Labute approximate surface area is 77.1 Å². The third-order valence-electron chi connectivity index (χ3n) is 0. The first-order chi connectivity index (χ1) is 1.00. The Kier molecular flexibility index (Phi) is 390. The minimum Gasteiger partial charge on any atom is -1.00 e. The molecular weight excluding hydrogens is 91.1 g/mol. The Morgan fingerprint density at radius 2 is 1.00 bits per heavy atom. The Balaban J connectivity index is -0.000000000833. The zero-order valence-electron chi connectivity index (χ0n) is 4.83. The summed E-state index contributed by atoms with van der Waals surface area (Å²) in [6.45, 7) is 6.00. The van der Waals surface area contributed by atoms with E-state index in [1.54, 1.807) is 0 Å². The maximum absolute atomic E-state index is 3.00. The predicted octanol–water partition coefficient (Wildman–Crippen LogP) is -1.76. The molecule has 0 aliphatic rings. The quantitative estimate of drug-likeness (QED) is 0.281. The molecular formula is C2H11KN2. The van der Waals surface area contributed by atoms with Gasteiger partial charge in [-0.25, -0.2) is 0 Å². The van der Waals surface area contributed by atoms with Crippen LogP contribution in [-0.2, 0) is 0 Å². The molecule has 0 saturated carbocycles. The van der Waals surface area contributed by atoms with Gasteiger partial charge in [0.1, 0.15) is 0 Å². The summed E-state index contributed by atoms with van der Waals surface area (Å²) in [6, 6.07) is 0. The summed E-state index contributed by atoms with van der Waals surface area (Å²) in [5.41, 5.74) is 0. The molecule has 0 radical (unpaired) electrons. The molecule has 0 rings (SSSR count). The van der Waals surface area contributed by atoms with Crippen molar-refractivity contribution in [2.45, 2.75) is 0 Å². The second-order valence-electron chi connectivity index (χ2n) is 0. The molecule has 0 heterocycles. The van der Waals surface area contributed by atoms with Crippen molar-refractivity contribution >= 4 is 0 Å². The van der Waals surface area contributed by atoms with E-state index < -0.39 is 0 Å². The third kappa shape index (κ3) is 34.2. The van der Waals surface area contributed by atoms with Gasteiger partial charge in [-0.05, 0) is 0 Å². The first kappa shape index (κ1) is 33.5. The molecule has 5 heavy (non-hydrogen) atoms. The average Bonchev–Trinajstić information content (AvgIpc) is 1.00. The van der Waals surface area contributed by atoms with Gasteiger partial charge >= 0.3 is 51.4 Å². The molecule has 30 valence electrons. The fourth-order valence-corrected chi connectivity index (χ4v) is 0. The topological polar surface area (TPSA) is 70.0 Å². The maximum Gasteiger partial charge on any atom is 1.00 e. The first-order valence-electron chi connectivity index (χ1n) is 0.500. The molecule has 0 aliphatic heterocycles. The van der Waals surface area contributed by atoms with Crippen molar-refractivity contribution in [3.63, 3.8) is 0 Å². The summed E-state index contributed by atoms with van der Waals surface area (Å²) in [5.74, 6) is 0. The molecule has 0 atom stereocenters. The predicted molar refractivity (Wildman–Crippen MR) is 22.4 cm³/mol. The molecule has 2 nitrogen and oxygen atoms in total. The van der Waals surface area contributed by atoms with Gasteiger partial charge in [-0.15, -0.1) is 13.2 Å². The van der Waals surface area contributed by atoms with Crippen molar-refractivity contribution in [2.75, 3.05) is 0 Å². The van der Waals surface area contributed by atoms with E-state index in [4.69, 9.17) is 0 Å². The SMILES string of the molecule is C=C.N.N.[H-].[K+]. The molecule has 0 amide bonds. The van der Waals surface area contributed by atoms with Crippen LogP contribution in [0.15, 0.2) is 13.2 Å². The van der Waals surface area contributed by atoms with Crippen LogP contribution < -0.4 is 63.7 Å². The monoisotopic (exact) mass is 102 g/mol. The van der Waals surface area contributed by atoms with Crippen molar-refractivity contribution in [3.8, 4) is 0 Å². The molecule has 0 aromatic rings. The van der Waals surface area contributed by atoms with Crippen LogP contribution in [0.3, 0.4) is 0 Å². The first-order valence-corrected chi connectivity index (χ1v) is 0.500. The zero-order valence-corrected chi connectivity index (χ0v) is 6.95. The van der Waals surface area contributed by atoms with E-state index in [0.717, 1.165) is 0 Å². The Bertz CT molecular complexity index is 11.5. The van der Waals surface area contributed by atoms with Crippen LogP contribution in [0.25, 0.3) is 0 Å². The normalized spacial score (nSPS) is 0.800. The van der Waals surface area contributed by atoms with Crippen molar-refractivity contribution in [3.05, 3.63) is 13.2 Å². The molecule has 0 fully saturated rings. The van der Waals surface area contributed by atoms with E-state index in [2.05, 4.69) is 13.2 Å². The molecule has 0 aromatic heterocycles. The van der Waals surface area contributed by atoms with E-state index in [1.807, 2.05) is 0 Å². The Morgan fingerprint density at radius 1 is 1.00 bits per heavy atom. The van der Waals surface area contributed by atoms with Crippen LogP contribution in [0.2, 0.25) is 0 Å². The van der Waals surface area contributed by atoms with Gasteiger partial charge in [-0.2, -0.15) is 0 Å². The molecule has 0 spiro atoms. The summed E-state index contributed by atoms with van der Waals surface area (Å²) >= 11 is 0. The smallest absolute Gasteiger partial charge is 1.00 e. The van der Waals surface area contributed by atoms with E-state index in [0.29, 0.717) is 0 Å². The van der Waals surface area contributed by atoms with Crippen molar-refractivity contribution in [1.82, 2.24) is 12.3 Å². The van der Waals surface area contributed by atoms with Gasteiger partial charge in [0.2, 0.25) is 0 Å². The minimum absolute atomic E-state index is 0. The maximum atomic E-state index is 3.00. The second kappa shape index (κ2) is 58.2. The van der Waals surface area contributed by atoms with Gasteiger partial charge in [0, 0.05) is 0 Å². The van der Waals surface area contributed by atoms with Crippen molar-refractivity contribution in [1.29, 1.82) is 0 Å². The fraction of sp³-hybridized carbons (Fsp3) is 0. The summed E-state index contributed by atoms with van der Waals surface area (Å²) in [5, 5.41) is 0. The van der Waals surface area contributed by atoms with E-state index in [-0.39, 0.29) is 65.1 Å². The standard InChI is InChI=1S/C2H4.K.2H3N.H/c1-2;;;;/h1-2H2;;2*1H3;/q;+1;;;-1. The van der Waals surface area contributed by atoms with Crippen molar-refractivity contribution in [2.24, 2.45) is 0 Å².